The molecule has 0 aliphatic carbocycles. The summed E-state index contributed by atoms with van der Waals surface area (Å²) in [5.41, 5.74) is 9.77. The van der Waals surface area contributed by atoms with Crippen molar-refractivity contribution >= 4 is 5.96 Å². The molecule has 0 rings (SSSR count). The number of guanidine groups is 1. The number of unbranched alkanes of at least 4 members (excludes halogenated alkanes) is 26. The van der Waals surface area contributed by atoms with E-state index in [0.717, 1.165) is 30.6 Å². The zero-order valence-corrected chi connectivity index (χ0v) is 29.5. The van der Waals surface area contributed by atoms with E-state index in [4.69, 9.17) is 5.73 Å². The number of nitrogens with zero attached hydrogens (tertiary/aromatic N) is 2. The fourth-order valence-electron chi connectivity index (χ4n) is 5.77. The van der Waals surface area contributed by atoms with Crippen molar-refractivity contribution in [2.24, 2.45) is 10.7 Å². The maximum atomic E-state index is 6.26. The van der Waals surface area contributed by atoms with E-state index in [1.165, 1.54) is 173 Å². The maximum absolute atomic E-state index is 6.26. The van der Waals surface area contributed by atoms with Crippen LogP contribution in [0.1, 0.15) is 201 Å². The topological polar surface area (TPSA) is 50.4 Å². The minimum Gasteiger partial charge on any atom is -1.00 e. The molecule has 0 spiro atoms. The van der Waals surface area contributed by atoms with E-state index in [0.29, 0.717) is 5.96 Å². The van der Waals surface area contributed by atoms with Crippen LogP contribution in [0.25, 0.3) is 0 Å². The fourth-order valence-corrected chi connectivity index (χ4v) is 5.77. The van der Waals surface area contributed by atoms with Gasteiger partial charge in [0.2, 0.25) is 5.96 Å². The molecule has 0 aliphatic heterocycles. The molecule has 248 valence electrons. The first-order chi connectivity index (χ1) is 19.6. The Balaban J connectivity index is 0. The first-order valence-electron chi connectivity index (χ1n) is 18.5. The Morgan fingerprint density at radius 3 is 1.10 bits per heavy atom. The summed E-state index contributed by atoms with van der Waals surface area (Å²) < 4.78 is 0.798. The van der Waals surface area contributed by atoms with Crippen molar-refractivity contribution in [3.05, 3.63) is 0 Å². The van der Waals surface area contributed by atoms with Gasteiger partial charge in [-0.1, -0.05) is 174 Å². The molecule has 0 bridgehead atoms. The number of nitrogens with two attached hydrogens (primary N) is 1. The molecule has 0 saturated carbocycles. The van der Waals surface area contributed by atoms with E-state index in [1.54, 1.807) is 0 Å². The lowest BCUT2D eigenvalue weighted by atomic mass is 10.0. The van der Waals surface area contributed by atoms with Gasteiger partial charge in [0.25, 0.3) is 0 Å². The van der Waals surface area contributed by atoms with Gasteiger partial charge in [-0.15, -0.1) is 0 Å². The largest absolute Gasteiger partial charge is 1.00 e. The number of hydrogen-bond acceptors (Lipinski definition) is 1. The average molecular weight is 601 g/mol. The maximum Gasteiger partial charge on any atom is 0.235 e. The summed E-state index contributed by atoms with van der Waals surface area (Å²) >= 11 is 0. The van der Waals surface area contributed by atoms with Crippen LogP contribution < -0.4 is 23.6 Å². The molecule has 0 fully saturated rings. The standard InChI is InChI=1S/C36H77N4.ClH/c1-5-8-10-12-14-16-18-20-22-24-26-28-30-32-34-38-36(37)39-40(4,7-3)35-33-31-29-27-25-23-21-19-17-15-13-11-9-6-2;/h5-35H2,1-4H3,(H3,37,38,39);1H/q+1;/p-1. The first kappa shape index (κ1) is 42.7. The second-order valence-electron chi connectivity index (χ2n) is 13.0. The van der Waals surface area contributed by atoms with Gasteiger partial charge in [-0.3, -0.25) is 0 Å². The third-order valence-electron chi connectivity index (χ3n) is 8.88. The Hall–Kier alpha value is -0.480. The Bertz CT molecular complexity index is 528. The van der Waals surface area contributed by atoms with Crippen molar-refractivity contribution in [2.75, 3.05) is 26.7 Å². The van der Waals surface area contributed by atoms with Gasteiger partial charge in [0.15, 0.2) is 0 Å². The summed E-state index contributed by atoms with van der Waals surface area (Å²) in [6.45, 7) is 9.87. The molecule has 4 nitrogen and oxygen atoms in total. The van der Waals surface area contributed by atoms with Crippen molar-refractivity contribution in [1.29, 1.82) is 0 Å². The number of nitrogens with one attached hydrogen (secondary N) is 1. The first-order valence-corrected chi connectivity index (χ1v) is 18.5. The summed E-state index contributed by atoms with van der Waals surface area (Å²) in [5.74, 6) is 0.629. The molecule has 5 heteroatoms. The summed E-state index contributed by atoms with van der Waals surface area (Å²) in [6, 6.07) is 0. The third-order valence-corrected chi connectivity index (χ3v) is 8.88. The van der Waals surface area contributed by atoms with Crippen LogP contribution in [0.5, 0.6) is 0 Å². The van der Waals surface area contributed by atoms with Crippen LogP contribution in [0.4, 0.5) is 0 Å². The molecule has 41 heavy (non-hydrogen) atoms. The molecule has 1 unspecified atom stereocenters. The van der Waals surface area contributed by atoms with E-state index in [-0.39, 0.29) is 12.4 Å². The average Bonchev–Trinajstić information content (AvgIpc) is 2.95. The zero-order valence-electron chi connectivity index (χ0n) is 28.8. The predicted molar refractivity (Wildman–Crippen MR) is 182 cm³/mol. The molecule has 0 radical (unpaired) electrons. The highest BCUT2D eigenvalue weighted by Gasteiger charge is 2.19. The van der Waals surface area contributed by atoms with E-state index in [2.05, 4.69) is 38.2 Å². The quantitative estimate of drug-likeness (QED) is 0.0268. The molecular weight excluding hydrogens is 524 g/mol. The lowest BCUT2D eigenvalue weighted by Gasteiger charge is -2.33. The van der Waals surface area contributed by atoms with Crippen molar-refractivity contribution in [1.82, 2.24) is 5.43 Å². The lowest BCUT2D eigenvalue weighted by molar-refractivity contribution is -0.941. The van der Waals surface area contributed by atoms with Crippen LogP contribution in [0, 0.1) is 0 Å². The summed E-state index contributed by atoms with van der Waals surface area (Å²) in [4.78, 5) is 4.64. The summed E-state index contributed by atoms with van der Waals surface area (Å²) in [6.07, 6.45) is 39.2. The fraction of sp³-hybridized carbons (Fsp3) is 0.972. The number of aliphatic imine (C=N–C) groups is 1. The number of hydrogen-bond donors (Lipinski definition) is 2. The third kappa shape index (κ3) is 32.3. The van der Waals surface area contributed by atoms with Gasteiger partial charge in [-0.2, -0.15) is 0 Å². The molecule has 0 aromatic carbocycles. The highest BCUT2D eigenvalue weighted by atomic mass is 35.5. The highest BCUT2D eigenvalue weighted by Crippen LogP contribution is 2.14. The minimum absolute atomic E-state index is 0. The van der Waals surface area contributed by atoms with Crippen LogP contribution in [0.3, 0.4) is 0 Å². The number of rotatable bonds is 32. The van der Waals surface area contributed by atoms with Crippen molar-refractivity contribution < 1.29 is 17.0 Å². The summed E-state index contributed by atoms with van der Waals surface area (Å²) in [5, 5.41) is 0. The van der Waals surface area contributed by atoms with E-state index < -0.39 is 0 Å². The molecule has 0 aromatic heterocycles. The SMILES string of the molecule is CCCCCCCCCCCCCCCCN=C(N)N[N+](C)(CC)CCCCCCCCCCCCCCCC.[Cl-]. The Labute approximate surface area is 265 Å². The van der Waals surface area contributed by atoms with Gasteiger partial charge in [0.05, 0.1) is 13.6 Å². The second kappa shape index (κ2) is 34.0. The van der Waals surface area contributed by atoms with Gasteiger partial charge in [0, 0.05) is 6.54 Å². The Morgan fingerprint density at radius 1 is 0.488 bits per heavy atom. The Morgan fingerprint density at radius 2 is 0.780 bits per heavy atom. The molecule has 3 N–H and O–H groups in total. The van der Waals surface area contributed by atoms with Crippen LogP contribution >= 0.6 is 0 Å². The molecule has 0 amide bonds. The van der Waals surface area contributed by atoms with Crippen molar-refractivity contribution in [2.45, 2.75) is 201 Å². The van der Waals surface area contributed by atoms with Gasteiger partial charge >= 0.3 is 0 Å². The van der Waals surface area contributed by atoms with Gasteiger partial charge in [0.1, 0.15) is 6.54 Å². The molecule has 0 aromatic rings. The highest BCUT2D eigenvalue weighted by molar-refractivity contribution is 5.76. The minimum atomic E-state index is 0. The lowest BCUT2D eigenvalue weighted by Crippen LogP contribution is -3.00. The second-order valence-corrected chi connectivity index (χ2v) is 13.0. The van der Waals surface area contributed by atoms with Crippen molar-refractivity contribution in [3.8, 4) is 0 Å². The molecule has 0 saturated heterocycles. The smallest absolute Gasteiger partial charge is 0.235 e. The van der Waals surface area contributed by atoms with Crippen molar-refractivity contribution in [3.63, 3.8) is 0 Å². The van der Waals surface area contributed by atoms with E-state index in [1.807, 2.05) is 0 Å². The molecule has 0 heterocycles. The molecule has 0 aliphatic rings. The van der Waals surface area contributed by atoms with Crippen LogP contribution in [-0.2, 0) is 0 Å². The van der Waals surface area contributed by atoms with Gasteiger partial charge in [-0.05, 0) is 26.2 Å². The Kier molecular flexibility index (Phi) is 35.4. The van der Waals surface area contributed by atoms with E-state index >= 15 is 0 Å². The summed E-state index contributed by atoms with van der Waals surface area (Å²) in [7, 11) is 2.26. The van der Waals surface area contributed by atoms with Crippen LogP contribution in [0.2, 0.25) is 0 Å². The predicted octanol–water partition coefficient (Wildman–Crippen LogP) is 8.24. The number of quaternary nitrogens is 1. The van der Waals surface area contributed by atoms with E-state index in [9.17, 15) is 0 Å². The van der Waals surface area contributed by atoms with Crippen LogP contribution in [-0.4, -0.2) is 37.2 Å². The number of halogens is 1. The van der Waals surface area contributed by atoms with Gasteiger partial charge < -0.3 is 18.1 Å². The van der Waals surface area contributed by atoms with Gasteiger partial charge in [-0.25, -0.2) is 15.0 Å². The normalized spacial score (nSPS) is 13.2. The zero-order chi connectivity index (χ0) is 29.4. The molecular formula is C36H77ClN4. The monoisotopic (exact) mass is 601 g/mol. The van der Waals surface area contributed by atoms with Crippen LogP contribution in [0.15, 0.2) is 4.99 Å². The molecule has 1 atom stereocenters.